The van der Waals surface area contributed by atoms with Crippen LogP contribution in [0.5, 0.6) is 0 Å². The standard InChI is InChI=1S/C35H47N9O6S/c1-20(22-7-9-23(10-8-22)30-21(2)37-19-51-30)39-32(47)27-14-25(45)16-44(27)33(48)31(35(3,4)5)40-29(46)18-42-11-12-43(28(36)17-42)24-13-26(34(49)50-6)41-38-15-24/h7-10,13,15,19-20,25,27-28,31,45H,11-12,14,16-18,36H2,1-6H3,(H,39,47)(H,40,46)/t20-,25+,27-,28?,31+/m0/s1. The number of aliphatic hydroxyl groups is 1. The molecule has 2 fully saturated rings. The highest BCUT2D eigenvalue weighted by molar-refractivity contribution is 7.13. The van der Waals surface area contributed by atoms with Crippen molar-refractivity contribution in [3.8, 4) is 10.4 Å². The van der Waals surface area contributed by atoms with Gasteiger partial charge < -0.3 is 36.0 Å². The molecule has 0 aliphatic carbocycles. The summed E-state index contributed by atoms with van der Waals surface area (Å²) in [7, 11) is 1.27. The molecule has 2 aromatic heterocycles. The zero-order chi connectivity index (χ0) is 37.0. The number of carbonyl (C=O) groups excluding carboxylic acids is 4. The van der Waals surface area contributed by atoms with Gasteiger partial charge in [-0.1, -0.05) is 45.0 Å². The fourth-order valence-electron chi connectivity index (χ4n) is 6.48. The number of carbonyl (C=O) groups is 4. The summed E-state index contributed by atoms with van der Waals surface area (Å²) in [6.45, 7) is 10.6. The maximum absolute atomic E-state index is 14.1. The van der Waals surface area contributed by atoms with Crippen molar-refractivity contribution >= 4 is 40.7 Å². The minimum Gasteiger partial charge on any atom is -0.464 e. The van der Waals surface area contributed by atoms with Crippen LogP contribution in [0.15, 0.2) is 42.0 Å². The van der Waals surface area contributed by atoms with Crippen LogP contribution in [-0.2, 0) is 19.1 Å². The van der Waals surface area contributed by atoms with E-state index in [0.717, 1.165) is 21.7 Å². The molecule has 16 heteroatoms. The Bertz CT molecular complexity index is 1730. The molecule has 3 amide bonds. The summed E-state index contributed by atoms with van der Waals surface area (Å²) < 4.78 is 4.74. The Morgan fingerprint density at radius 2 is 1.84 bits per heavy atom. The number of benzene rings is 1. The smallest absolute Gasteiger partial charge is 0.358 e. The van der Waals surface area contributed by atoms with E-state index < -0.39 is 41.6 Å². The lowest BCUT2D eigenvalue weighted by Gasteiger charge is -2.41. The van der Waals surface area contributed by atoms with E-state index in [2.05, 4.69) is 25.8 Å². The van der Waals surface area contributed by atoms with Crippen molar-refractivity contribution in [1.82, 2.24) is 35.6 Å². The molecule has 1 unspecified atom stereocenters. The maximum atomic E-state index is 14.1. The molecule has 51 heavy (non-hydrogen) atoms. The van der Waals surface area contributed by atoms with E-state index in [9.17, 15) is 24.3 Å². The molecule has 0 radical (unpaired) electrons. The van der Waals surface area contributed by atoms with Crippen LogP contribution in [-0.4, -0.2) is 118 Å². The summed E-state index contributed by atoms with van der Waals surface area (Å²) in [5.74, 6) is -1.78. The quantitative estimate of drug-likeness (QED) is 0.221. The SMILES string of the molecule is COC(=O)c1cc(N2CCN(CC(=O)N[C@H](C(=O)N3C[C@H](O)C[C@H]3C(=O)N[C@@H](C)c3ccc(-c4scnc4C)cc3)C(C)(C)C)CC2N)cnn1. The first-order valence-corrected chi connectivity index (χ1v) is 17.8. The summed E-state index contributed by atoms with van der Waals surface area (Å²) in [6.07, 6.45) is 0.222. The van der Waals surface area contributed by atoms with E-state index in [-0.39, 0.29) is 43.1 Å². The number of rotatable bonds is 10. The largest absolute Gasteiger partial charge is 0.464 e. The highest BCUT2D eigenvalue weighted by atomic mass is 32.1. The van der Waals surface area contributed by atoms with Crippen molar-refractivity contribution in [2.45, 2.75) is 71.4 Å². The van der Waals surface area contributed by atoms with Gasteiger partial charge in [0.25, 0.3) is 0 Å². The van der Waals surface area contributed by atoms with Crippen LogP contribution in [0.3, 0.4) is 0 Å². The van der Waals surface area contributed by atoms with Crippen molar-refractivity contribution in [3.63, 3.8) is 0 Å². The number of likely N-dealkylation sites (tertiary alicyclic amines) is 1. The van der Waals surface area contributed by atoms with Crippen LogP contribution < -0.4 is 21.3 Å². The zero-order valence-electron chi connectivity index (χ0n) is 29.8. The summed E-state index contributed by atoms with van der Waals surface area (Å²) in [4.78, 5) is 63.6. The summed E-state index contributed by atoms with van der Waals surface area (Å²) in [6, 6.07) is 7.27. The van der Waals surface area contributed by atoms with Gasteiger partial charge in [-0.25, -0.2) is 9.78 Å². The Labute approximate surface area is 301 Å². The van der Waals surface area contributed by atoms with Crippen LogP contribution in [0.2, 0.25) is 0 Å². The van der Waals surface area contributed by atoms with E-state index in [4.69, 9.17) is 10.5 Å². The Morgan fingerprint density at radius 1 is 1.12 bits per heavy atom. The number of nitrogens with zero attached hydrogens (tertiary/aromatic N) is 6. The number of esters is 1. The summed E-state index contributed by atoms with van der Waals surface area (Å²) in [5.41, 5.74) is 11.2. The molecule has 274 valence electrons. The molecular weight excluding hydrogens is 675 g/mol. The first-order valence-electron chi connectivity index (χ1n) is 16.9. The van der Waals surface area contributed by atoms with Gasteiger partial charge in [0.2, 0.25) is 17.7 Å². The van der Waals surface area contributed by atoms with Gasteiger partial charge in [0.05, 0.1) is 59.9 Å². The fraction of sp³-hybridized carbons (Fsp3) is 0.514. The number of nitrogens with one attached hydrogen (secondary N) is 2. The number of piperazine rings is 1. The molecule has 5 rings (SSSR count). The van der Waals surface area contributed by atoms with Gasteiger partial charge in [0.1, 0.15) is 12.1 Å². The van der Waals surface area contributed by atoms with Crippen LogP contribution in [0.25, 0.3) is 10.4 Å². The number of methoxy groups -OCH3 is 1. The topological polar surface area (TPSA) is 196 Å². The predicted octanol–water partition coefficient (Wildman–Crippen LogP) is 1.47. The first-order chi connectivity index (χ1) is 24.2. The number of aliphatic hydroxyl groups excluding tert-OH is 1. The number of ether oxygens (including phenoxy) is 1. The van der Waals surface area contributed by atoms with Crippen LogP contribution in [0.4, 0.5) is 5.69 Å². The number of β-amino-alcohol motifs (C(OH)–C–C–N with tert-alkyl or cyclic N) is 1. The predicted molar refractivity (Wildman–Crippen MR) is 191 cm³/mol. The third-order valence-corrected chi connectivity index (χ3v) is 10.3. The molecule has 4 heterocycles. The number of aromatic nitrogens is 3. The average Bonchev–Trinajstić information content (AvgIpc) is 3.71. The molecule has 0 saturated carbocycles. The highest BCUT2D eigenvalue weighted by Crippen LogP contribution is 2.30. The Balaban J connectivity index is 1.20. The van der Waals surface area contributed by atoms with Gasteiger partial charge >= 0.3 is 5.97 Å². The van der Waals surface area contributed by atoms with Gasteiger partial charge in [-0.2, -0.15) is 5.10 Å². The Morgan fingerprint density at radius 3 is 2.47 bits per heavy atom. The molecular formula is C35H47N9O6S. The molecule has 2 aliphatic heterocycles. The highest BCUT2D eigenvalue weighted by Gasteiger charge is 2.45. The number of aryl methyl sites for hydroxylation is 1. The van der Waals surface area contributed by atoms with Gasteiger partial charge in [0.15, 0.2) is 5.69 Å². The number of anilines is 1. The summed E-state index contributed by atoms with van der Waals surface area (Å²) in [5, 5.41) is 24.2. The molecule has 2 aliphatic rings. The van der Waals surface area contributed by atoms with Gasteiger partial charge in [-0.15, -0.1) is 16.4 Å². The van der Waals surface area contributed by atoms with E-state index in [0.29, 0.717) is 25.3 Å². The lowest BCUT2D eigenvalue weighted by molar-refractivity contribution is -0.144. The van der Waals surface area contributed by atoms with Crippen molar-refractivity contribution < 1.29 is 29.0 Å². The van der Waals surface area contributed by atoms with E-state index in [1.807, 2.05) is 74.2 Å². The van der Waals surface area contributed by atoms with Gasteiger partial charge in [-0.05, 0) is 36.5 Å². The first kappa shape index (κ1) is 37.7. The van der Waals surface area contributed by atoms with E-state index in [1.54, 1.807) is 17.4 Å². The number of hydrogen-bond donors (Lipinski definition) is 4. The molecule has 5 N–H and O–H groups in total. The Hall–Kier alpha value is -4.51. The summed E-state index contributed by atoms with van der Waals surface area (Å²) >= 11 is 1.57. The second kappa shape index (κ2) is 15.8. The van der Waals surface area contributed by atoms with Crippen molar-refractivity contribution in [3.05, 3.63) is 59.0 Å². The molecule has 0 bridgehead atoms. The second-order valence-electron chi connectivity index (χ2n) is 14.2. The van der Waals surface area contributed by atoms with Crippen molar-refractivity contribution in [2.24, 2.45) is 11.1 Å². The van der Waals surface area contributed by atoms with E-state index in [1.165, 1.54) is 18.2 Å². The number of hydrogen-bond acceptors (Lipinski definition) is 13. The maximum Gasteiger partial charge on any atom is 0.358 e. The van der Waals surface area contributed by atoms with E-state index >= 15 is 0 Å². The average molecular weight is 722 g/mol. The zero-order valence-corrected chi connectivity index (χ0v) is 30.6. The molecule has 15 nitrogen and oxygen atoms in total. The third kappa shape index (κ3) is 8.87. The lowest BCUT2D eigenvalue weighted by Crippen LogP contribution is -2.61. The third-order valence-electron chi connectivity index (χ3n) is 9.30. The number of thiazole rings is 1. The molecule has 5 atom stereocenters. The fourth-order valence-corrected chi connectivity index (χ4v) is 7.29. The molecule has 3 aromatic rings. The second-order valence-corrected chi connectivity index (χ2v) is 15.0. The normalized spacial score (nSPS) is 20.8. The molecule has 1 aromatic carbocycles. The number of amides is 3. The number of nitrogens with two attached hydrogens (primary N) is 1. The monoisotopic (exact) mass is 721 g/mol. The van der Waals surface area contributed by atoms with Crippen LogP contribution >= 0.6 is 11.3 Å². The van der Waals surface area contributed by atoms with Gasteiger partial charge in [-0.3, -0.25) is 19.3 Å². The molecule has 2 saturated heterocycles. The van der Waals surface area contributed by atoms with Crippen LogP contribution in [0.1, 0.15) is 61.9 Å². The van der Waals surface area contributed by atoms with Crippen molar-refractivity contribution in [2.75, 3.05) is 44.7 Å². The van der Waals surface area contributed by atoms with Crippen LogP contribution in [0, 0.1) is 12.3 Å². The lowest BCUT2D eigenvalue weighted by atomic mass is 9.85. The van der Waals surface area contributed by atoms with Crippen molar-refractivity contribution in [1.29, 1.82) is 0 Å². The Kier molecular flexibility index (Phi) is 11.7. The minimum absolute atomic E-state index is 0.00514. The van der Waals surface area contributed by atoms with Gasteiger partial charge in [0, 0.05) is 32.6 Å². The molecule has 0 spiro atoms. The minimum atomic E-state index is -0.958.